The molecule has 0 bridgehead atoms. The molecular weight excluding hydrogens is 374 g/mol. The van der Waals surface area contributed by atoms with Gasteiger partial charge in [-0.25, -0.2) is 0 Å². The number of rotatable bonds is 0. The van der Waals surface area contributed by atoms with Crippen molar-refractivity contribution >= 4 is 49.6 Å². The van der Waals surface area contributed by atoms with Gasteiger partial charge in [0.25, 0.3) is 0 Å². The molecule has 3 aromatic rings. The van der Waals surface area contributed by atoms with Gasteiger partial charge in [0, 0.05) is 0 Å². The fraction of sp³-hybridized carbons (Fsp3) is 0.111. The second kappa shape index (κ2) is 5.39. The number of fused-ring (bicyclic) bond motifs is 1. The fourth-order valence-corrected chi connectivity index (χ4v) is 7.77. The molecule has 98 valence electrons. The summed E-state index contributed by atoms with van der Waals surface area (Å²) in [6.45, 7) is 0. The Balaban J connectivity index is 1.91. The van der Waals surface area contributed by atoms with Crippen LogP contribution in [-0.2, 0) is 10.6 Å². The van der Waals surface area contributed by atoms with Crippen LogP contribution in [0.5, 0.6) is 0 Å². The van der Waals surface area contributed by atoms with Crippen LogP contribution in [-0.4, -0.2) is 29.9 Å². The van der Waals surface area contributed by atoms with E-state index in [9.17, 15) is 0 Å². The van der Waals surface area contributed by atoms with Crippen molar-refractivity contribution in [3.8, 4) is 0 Å². The summed E-state index contributed by atoms with van der Waals surface area (Å²) in [5.74, 6) is 0. The first-order chi connectivity index (χ1) is 9.92. The molecule has 1 aliphatic rings. The van der Waals surface area contributed by atoms with Gasteiger partial charge in [-0.15, -0.1) is 0 Å². The quantitative estimate of drug-likeness (QED) is 0.519. The number of hydrogen-bond donors (Lipinski definition) is 0. The van der Waals surface area contributed by atoms with Crippen LogP contribution in [0.2, 0.25) is 0 Å². The molecule has 4 rings (SSSR count). The van der Waals surface area contributed by atoms with Crippen molar-refractivity contribution in [1.82, 2.24) is 0 Å². The normalized spacial score (nSPS) is 14.2. The molecule has 0 saturated carbocycles. The van der Waals surface area contributed by atoms with Crippen LogP contribution in [0.3, 0.4) is 0 Å². The van der Waals surface area contributed by atoms with E-state index in [1.165, 1.54) is 16.0 Å². The van der Waals surface area contributed by atoms with Crippen LogP contribution in [0.1, 0.15) is 11.1 Å². The Labute approximate surface area is 131 Å². The molecule has 0 aromatic heterocycles. The number of benzene rings is 3. The zero-order valence-electron chi connectivity index (χ0n) is 11.0. The van der Waals surface area contributed by atoms with Crippen LogP contribution in [0.25, 0.3) is 10.8 Å². The van der Waals surface area contributed by atoms with E-state index in [0.29, 0.717) is 29.9 Å². The van der Waals surface area contributed by atoms with Gasteiger partial charge in [-0.05, 0) is 0 Å². The molecule has 0 radical (unpaired) electrons. The first-order valence-corrected chi connectivity index (χ1v) is 10.9. The van der Waals surface area contributed by atoms with Gasteiger partial charge >= 0.3 is 132 Å². The molecule has 0 aliphatic carbocycles. The van der Waals surface area contributed by atoms with Gasteiger partial charge in [0.15, 0.2) is 0 Å². The topological polar surface area (TPSA) is 0 Å². The first-order valence-electron chi connectivity index (χ1n) is 6.76. The van der Waals surface area contributed by atoms with Gasteiger partial charge < -0.3 is 0 Å². The Morgan fingerprint density at radius 3 is 1.70 bits per heavy atom. The summed E-state index contributed by atoms with van der Waals surface area (Å²) in [6.07, 6.45) is 0. The molecule has 1 heterocycles. The maximum absolute atomic E-state index is 2.34. The third-order valence-electron chi connectivity index (χ3n) is 3.71. The van der Waals surface area contributed by atoms with Crippen LogP contribution in [0, 0.1) is 0 Å². The summed E-state index contributed by atoms with van der Waals surface area (Å²) in [6, 6.07) is 22.7. The Hall–Kier alpha value is -1.04. The Bertz CT molecular complexity index is 715. The SMILES string of the molecule is c1ccc2c(c1)C[Se]c1cccc3cccc(c13)[Se]C2. The van der Waals surface area contributed by atoms with Crippen molar-refractivity contribution < 1.29 is 0 Å². The van der Waals surface area contributed by atoms with Crippen molar-refractivity contribution in [3.05, 3.63) is 71.8 Å². The summed E-state index contributed by atoms with van der Waals surface area (Å²) >= 11 is 1.07. The van der Waals surface area contributed by atoms with Crippen LogP contribution in [0.15, 0.2) is 60.7 Å². The van der Waals surface area contributed by atoms with E-state index in [2.05, 4.69) is 60.7 Å². The molecular formula is C18H14Se2. The standard InChI is InChI=1S/C18H14Se2/c1-2-6-15-12-20-17-10-4-8-13-7-3-9-16(18(13)17)19-11-14(15)5-1/h1-10H,11-12H2. The van der Waals surface area contributed by atoms with E-state index in [1.54, 1.807) is 25.4 Å². The van der Waals surface area contributed by atoms with Gasteiger partial charge in [-0.2, -0.15) is 0 Å². The van der Waals surface area contributed by atoms with Crippen LogP contribution < -0.4 is 8.92 Å². The summed E-state index contributed by atoms with van der Waals surface area (Å²) in [5.41, 5.74) is 3.14. The zero-order valence-corrected chi connectivity index (χ0v) is 14.4. The minimum absolute atomic E-state index is 0.534. The predicted octanol–water partition coefficient (Wildman–Crippen LogP) is 2.21. The fourth-order valence-electron chi connectivity index (χ4n) is 2.66. The molecule has 2 heteroatoms. The van der Waals surface area contributed by atoms with E-state index in [1.807, 2.05) is 0 Å². The van der Waals surface area contributed by atoms with Gasteiger partial charge in [0.1, 0.15) is 0 Å². The minimum atomic E-state index is 0.534. The second-order valence-electron chi connectivity index (χ2n) is 4.96. The molecule has 1 aliphatic heterocycles. The molecule has 3 aromatic carbocycles. The van der Waals surface area contributed by atoms with Gasteiger partial charge in [-0.1, -0.05) is 0 Å². The predicted molar refractivity (Wildman–Crippen MR) is 88.6 cm³/mol. The summed E-state index contributed by atoms with van der Waals surface area (Å²) in [7, 11) is 0. The first kappa shape index (κ1) is 12.7. The van der Waals surface area contributed by atoms with Crippen molar-refractivity contribution in [2.24, 2.45) is 0 Å². The van der Waals surface area contributed by atoms with Crippen molar-refractivity contribution in [2.45, 2.75) is 10.6 Å². The molecule has 0 unspecified atom stereocenters. The van der Waals surface area contributed by atoms with Gasteiger partial charge in [-0.3, -0.25) is 0 Å². The second-order valence-corrected chi connectivity index (χ2v) is 9.22. The van der Waals surface area contributed by atoms with E-state index in [4.69, 9.17) is 0 Å². The van der Waals surface area contributed by atoms with Crippen LogP contribution >= 0.6 is 0 Å². The van der Waals surface area contributed by atoms with Gasteiger partial charge in [0.05, 0.1) is 0 Å². The molecule has 0 atom stereocenters. The molecule has 0 spiro atoms. The maximum atomic E-state index is 2.34. The third kappa shape index (κ3) is 2.24. The van der Waals surface area contributed by atoms with E-state index in [0.717, 1.165) is 0 Å². The third-order valence-corrected chi connectivity index (χ3v) is 8.36. The molecule has 0 saturated heterocycles. The van der Waals surface area contributed by atoms with Crippen LogP contribution in [0.4, 0.5) is 0 Å². The van der Waals surface area contributed by atoms with Crippen molar-refractivity contribution in [1.29, 1.82) is 0 Å². The zero-order chi connectivity index (χ0) is 13.4. The summed E-state index contributed by atoms with van der Waals surface area (Å²) < 4.78 is 3.17. The van der Waals surface area contributed by atoms with Crippen molar-refractivity contribution in [2.75, 3.05) is 0 Å². The van der Waals surface area contributed by atoms with Crippen molar-refractivity contribution in [3.63, 3.8) is 0 Å². The Morgan fingerprint density at radius 1 is 0.600 bits per heavy atom. The van der Waals surface area contributed by atoms with Gasteiger partial charge in [0.2, 0.25) is 0 Å². The average molecular weight is 388 g/mol. The Kier molecular flexibility index (Phi) is 3.42. The molecule has 20 heavy (non-hydrogen) atoms. The molecule has 0 fully saturated rings. The van der Waals surface area contributed by atoms with E-state index in [-0.39, 0.29) is 0 Å². The molecule has 0 amide bonds. The average Bonchev–Trinajstić information content (AvgIpc) is 2.58. The molecule has 0 nitrogen and oxygen atoms in total. The molecule has 0 N–H and O–H groups in total. The number of hydrogen-bond acceptors (Lipinski definition) is 0. The van der Waals surface area contributed by atoms with E-state index < -0.39 is 0 Å². The summed E-state index contributed by atoms with van der Waals surface area (Å²) in [4.78, 5) is 0. The Morgan fingerprint density at radius 2 is 1.15 bits per heavy atom. The monoisotopic (exact) mass is 390 g/mol. The van der Waals surface area contributed by atoms with E-state index >= 15 is 0 Å². The summed E-state index contributed by atoms with van der Waals surface area (Å²) in [5, 5.41) is 5.44.